The Morgan fingerprint density at radius 3 is 2.11 bits per heavy atom. The smallest absolute Gasteiger partial charge is 0.265 e. The fraction of sp³-hybridized carbons (Fsp3) is 0.120. The van der Waals surface area contributed by atoms with Crippen molar-refractivity contribution in [1.29, 1.82) is 0 Å². The van der Waals surface area contributed by atoms with E-state index in [2.05, 4.69) is 79.3 Å². The molecule has 0 radical (unpaired) electrons. The van der Waals surface area contributed by atoms with Crippen LogP contribution in [0.25, 0.3) is 21.0 Å². The third-order valence-corrected chi connectivity index (χ3v) is 13.0. The number of hydrogen-bond donors (Lipinski definition) is 3. The van der Waals surface area contributed by atoms with Gasteiger partial charge in [-0.05, 0) is 83.6 Å². The minimum absolute atomic E-state index is 0.0122. The third kappa shape index (κ3) is 9.61. The lowest BCUT2D eigenvalue weighted by Crippen LogP contribution is -2.49. The van der Waals surface area contributed by atoms with Crippen molar-refractivity contribution >= 4 is 63.4 Å². The van der Waals surface area contributed by atoms with Crippen LogP contribution in [0, 0.1) is 6.92 Å². The first-order valence-corrected chi connectivity index (χ1v) is 22.2. The Hall–Kier alpha value is -7.32. The fourth-order valence-corrected chi connectivity index (χ4v) is 9.34. The molecule has 4 aromatic heterocycles. The van der Waals surface area contributed by atoms with Crippen molar-refractivity contribution in [2.45, 2.75) is 13.0 Å². The van der Waals surface area contributed by atoms with Crippen LogP contribution in [0.15, 0.2) is 163 Å². The van der Waals surface area contributed by atoms with E-state index in [1.807, 2.05) is 96.1 Å². The number of anilines is 4. The maximum Gasteiger partial charge on any atom is 0.265 e. The highest BCUT2D eigenvalue weighted by molar-refractivity contribution is 7.22. The van der Waals surface area contributed by atoms with Gasteiger partial charge in [0.15, 0.2) is 0 Å². The molecule has 0 bridgehead atoms. The second kappa shape index (κ2) is 18.7. The quantitative estimate of drug-likeness (QED) is 0.111. The van der Waals surface area contributed by atoms with Gasteiger partial charge in [-0.25, -0.2) is 9.97 Å². The summed E-state index contributed by atoms with van der Waals surface area (Å²) in [4.78, 5) is 60.6. The van der Waals surface area contributed by atoms with Crippen LogP contribution in [0.3, 0.4) is 0 Å². The van der Waals surface area contributed by atoms with E-state index in [-0.39, 0.29) is 29.3 Å². The average molecular weight is 867 g/mol. The number of rotatable bonds is 12. The summed E-state index contributed by atoms with van der Waals surface area (Å²) in [6, 6.07) is 45.4. The van der Waals surface area contributed by atoms with Crippen LogP contribution in [0.5, 0.6) is 0 Å². The Morgan fingerprint density at radius 2 is 1.40 bits per heavy atom. The second-order valence-electron chi connectivity index (χ2n) is 15.1. The Morgan fingerprint density at radius 1 is 0.667 bits per heavy atom. The Labute approximate surface area is 373 Å². The summed E-state index contributed by atoms with van der Waals surface area (Å²) in [5, 5.41) is 11.1. The zero-order valence-electron chi connectivity index (χ0n) is 34.3. The highest BCUT2D eigenvalue weighted by Gasteiger charge is 2.28. The number of hydrogen-bond acceptors (Lipinski definition) is 10. The van der Waals surface area contributed by atoms with Crippen molar-refractivity contribution in [1.82, 2.24) is 24.8 Å². The van der Waals surface area contributed by atoms with Crippen molar-refractivity contribution in [3.8, 4) is 21.0 Å². The van der Waals surface area contributed by atoms with Gasteiger partial charge in [0.2, 0.25) is 5.95 Å². The van der Waals surface area contributed by atoms with Crippen LogP contribution < -0.4 is 16.0 Å². The Balaban J connectivity index is 0.812. The molecule has 0 spiro atoms. The van der Waals surface area contributed by atoms with E-state index in [1.165, 1.54) is 34.9 Å². The molecular weight excluding hydrogens is 825 g/mol. The molecule has 0 saturated carbocycles. The highest BCUT2D eigenvalue weighted by Crippen LogP contribution is 2.33. The first-order chi connectivity index (χ1) is 30.8. The van der Waals surface area contributed by atoms with Crippen LogP contribution >= 0.6 is 22.7 Å². The molecular formula is C50H42N8O3S2. The van der Waals surface area contributed by atoms with Gasteiger partial charge in [0.25, 0.3) is 17.7 Å². The van der Waals surface area contributed by atoms with Crippen LogP contribution in [0.1, 0.15) is 53.1 Å². The van der Waals surface area contributed by atoms with Crippen LogP contribution in [0.4, 0.5) is 23.0 Å². The monoisotopic (exact) mass is 866 g/mol. The molecule has 0 aliphatic carbocycles. The van der Waals surface area contributed by atoms with E-state index in [0.717, 1.165) is 34.0 Å². The molecule has 3 N–H and O–H groups in total. The molecule has 8 aromatic rings. The molecule has 1 aliphatic heterocycles. The number of carbonyl (C=O) groups is 3. The largest absolute Gasteiger partial charge is 0.336 e. The molecule has 1 aliphatic rings. The summed E-state index contributed by atoms with van der Waals surface area (Å²) in [5.41, 5.74) is 7.53. The van der Waals surface area contributed by atoms with E-state index >= 15 is 0 Å². The number of amides is 3. The van der Waals surface area contributed by atoms with Crippen LogP contribution in [-0.4, -0.2) is 68.7 Å². The number of aryl methyl sites for hydroxylation is 1. The van der Waals surface area contributed by atoms with Gasteiger partial charge in [-0.1, -0.05) is 84.9 Å². The summed E-state index contributed by atoms with van der Waals surface area (Å²) >= 11 is 3.03. The van der Waals surface area contributed by atoms with Gasteiger partial charge in [-0.15, -0.1) is 22.7 Å². The molecule has 5 heterocycles. The maximum atomic E-state index is 13.7. The molecule has 1 saturated heterocycles. The number of pyridine rings is 1. The molecule has 11 nitrogen and oxygen atoms in total. The van der Waals surface area contributed by atoms with Gasteiger partial charge < -0.3 is 20.9 Å². The Kier molecular flexibility index (Phi) is 12.2. The van der Waals surface area contributed by atoms with Gasteiger partial charge in [0.1, 0.15) is 0 Å². The number of nitrogens with one attached hydrogen (secondary N) is 3. The SMILES string of the molecule is Cc1ccc(NC(=O)c2cncc(NC(=O)c3ccc(-c4cccs4)s3)c2)cc1Nc1nccc(-c2ccc(C(=O)N3CCN(C(c4ccccc4)c4ccccc4)CC3)cc2)n1. The topological polar surface area (TPSA) is 132 Å². The van der Waals surface area contributed by atoms with E-state index in [4.69, 9.17) is 4.98 Å². The van der Waals surface area contributed by atoms with E-state index in [9.17, 15) is 14.4 Å². The summed E-state index contributed by atoms with van der Waals surface area (Å²) in [6.07, 6.45) is 4.65. The van der Waals surface area contributed by atoms with Crippen LogP contribution in [0.2, 0.25) is 0 Å². The molecule has 312 valence electrons. The number of thiophene rings is 2. The van der Waals surface area contributed by atoms with E-state index in [0.29, 0.717) is 52.2 Å². The average Bonchev–Trinajstić information content (AvgIpc) is 4.06. The molecule has 1 fully saturated rings. The highest BCUT2D eigenvalue weighted by atomic mass is 32.1. The zero-order valence-corrected chi connectivity index (χ0v) is 35.9. The van der Waals surface area contributed by atoms with Gasteiger partial charge >= 0.3 is 0 Å². The van der Waals surface area contributed by atoms with E-state index in [1.54, 1.807) is 29.7 Å². The van der Waals surface area contributed by atoms with Gasteiger partial charge in [-0.2, -0.15) is 0 Å². The molecule has 0 atom stereocenters. The Bertz CT molecular complexity index is 2820. The lowest BCUT2D eigenvalue weighted by molar-refractivity contribution is 0.0597. The number of piperazine rings is 1. The van der Waals surface area contributed by atoms with Gasteiger partial charge in [0.05, 0.1) is 34.1 Å². The molecule has 9 rings (SSSR count). The molecule has 3 amide bonds. The number of benzene rings is 4. The predicted molar refractivity (Wildman–Crippen MR) is 252 cm³/mol. The summed E-state index contributed by atoms with van der Waals surface area (Å²) in [5.74, 6) is -0.264. The lowest BCUT2D eigenvalue weighted by Gasteiger charge is -2.39. The third-order valence-electron chi connectivity index (χ3n) is 10.9. The normalized spacial score (nSPS) is 12.8. The number of aromatic nitrogens is 3. The molecule has 63 heavy (non-hydrogen) atoms. The van der Waals surface area contributed by atoms with Crippen molar-refractivity contribution in [3.05, 3.63) is 196 Å². The van der Waals surface area contributed by atoms with Crippen molar-refractivity contribution in [2.24, 2.45) is 0 Å². The van der Waals surface area contributed by atoms with Gasteiger partial charge in [-0.3, -0.25) is 24.3 Å². The summed E-state index contributed by atoms with van der Waals surface area (Å²) in [7, 11) is 0. The van der Waals surface area contributed by atoms with Crippen LogP contribution in [-0.2, 0) is 0 Å². The zero-order chi connectivity index (χ0) is 43.1. The first-order valence-electron chi connectivity index (χ1n) is 20.5. The van der Waals surface area contributed by atoms with Crippen molar-refractivity contribution < 1.29 is 14.4 Å². The standard InChI is InChI=1S/C50H42N8O3S2/c1-33-14-19-39(53-47(59)38-29-40(32-51-31-38)54-48(60)45-21-20-44(63-45)43-13-8-28-62-43)30-42(33)56-50-52-23-22-41(55-50)34-15-17-37(18-16-34)49(61)58-26-24-57(25-27-58)46(35-9-4-2-5-10-35)36-11-6-3-7-12-36/h2-23,28-32,46H,24-27H2,1H3,(H,53,59)(H,54,60)(H,52,55,56). The van der Waals surface area contributed by atoms with Gasteiger partial charge in [0, 0.05) is 70.8 Å². The minimum Gasteiger partial charge on any atom is -0.336 e. The number of carbonyl (C=O) groups excluding carboxylic acids is 3. The fourth-order valence-electron chi connectivity index (χ4n) is 7.61. The second-order valence-corrected chi connectivity index (χ2v) is 17.1. The summed E-state index contributed by atoms with van der Waals surface area (Å²) < 4.78 is 0. The first kappa shape index (κ1) is 41.1. The van der Waals surface area contributed by atoms with Crippen molar-refractivity contribution in [3.63, 3.8) is 0 Å². The maximum absolute atomic E-state index is 13.7. The minimum atomic E-state index is -0.383. The summed E-state index contributed by atoms with van der Waals surface area (Å²) in [6.45, 7) is 4.76. The molecule has 13 heteroatoms. The molecule has 4 aromatic carbocycles. The van der Waals surface area contributed by atoms with Crippen molar-refractivity contribution in [2.75, 3.05) is 42.1 Å². The number of nitrogens with zero attached hydrogens (tertiary/aromatic N) is 5. The molecule has 0 unspecified atom stereocenters. The predicted octanol–water partition coefficient (Wildman–Crippen LogP) is 10.4. The van der Waals surface area contributed by atoms with E-state index < -0.39 is 0 Å². The lowest BCUT2D eigenvalue weighted by atomic mass is 9.96.